The molecule has 0 N–H and O–H groups in total. The molecule has 1 heterocycles. The Morgan fingerprint density at radius 1 is 1.17 bits per heavy atom. The SMILES string of the molecule is N#CCCN(CCC#N)C(=O)c1cc(C2CC2)nc2ccccc12. The molecular formula is C19H18N4O. The number of fused-ring (bicyclic) bond motifs is 1. The van der Waals surface area contributed by atoms with E-state index in [0.29, 0.717) is 24.6 Å². The first kappa shape index (κ1) is 16.0. The van der Waals surface area contributed by atoms with Gasteiger partial charge in [-0.3, -0.25) is 9.78 Å². The molecule has 0 unspecified atom stereocenters. The Labute approximate surface area is 141 Å². The summed E-state index contributed by atoms with van der Waals surface area (Å²) < 4.78 is 0. The molecule has 0 aliphatic heterocycles. The third-order valence-corrected chi connectivity index (χ3v) is 4.24. The largest absolute Gasteiger partial charge is 0.337 e. The molecule has 5 heteroatoms. The van der Waals surface area contributed by atoms with Gasteiger partial charge >= 0.3 is 0 Å². The van der Waals surface area contributed by atoms with Crippen molar-refractivity contribution in [1.29, 1.82) is 10.5 Å². The smallest absolute Gasteiger partial charge is 0.254 e. The highest BCUT2D eigenvalue weighted by Gasteiger charge is 2.27. The molecule has 120 valence electrons. The fourth-order valence-corrected chi connectivity index (χ4v) is 2.82. The lowest BCUT2D eigenvalue weighted by molar-refractivity contribution is 0.0764. The highest BCUT2D eigenvalue weighted by Crippen LogP contribution is 2.40. The van der Waals surface area contributed by atoms with E-state index in [1.807, 2.05) is 30.3 Å². The summed E-state index contributed by atoms with van der Waals surface area (Å²) >= 11 is 0. The van der Waals surface area contributed by atoms with E-state index in [-0.39, 0.29) is 18.7 Å². The van der Waals surface area contributed by atoms with Crippen molar-refractivity contribution in [1.82, 2.24) is 9.88 Å². The summed E-state index contributed by atoms with van der Waals surface area (Å²) in [5, 5.41) is 18.5. The Balaban J connectivity index is 2.00. The third kappa shape index (κ3) is 3.36. The monoisotopic (exact) mass is 318 g/mol. The first-order chi connectivity index (χ1) is 11.7. The molecule has 0 saturated heterocycles. The molecule has 1 aromatic heterocycles. The van der Waals surface area contributed by atoms with Crippen LogP contribution in [0.4, 0.5) is 0 Å². The van der Waals surface area contributed by atoms with Gasteiger partial charge in [-0.05, 0) is 25.0 Å². The number of carbonyl (C=O) groups excluding carboxylic acids is 1. The number of para-hydroxylation sites is 1. The molecule has 1 aliphatic rings. The van der Waals surface area contributed by atoms with Gasteiger partial charge in [0, 0.05) is 30.1 Å². The molecule has 3 rings (SSSR count). The predicted octanol–water partition coefficient (Wildman–Crippen LogP) is 3.38. The summed E-state index contributed by atoms with van der Waals surface area (Å²) in [7, 11) is 0. The number of nitrogens with zero attached hydrogens (tertiary/aromatic N) is 4. The number of pyridine rings is 1. The van der Waals surface area contributed by atoms with E-state index in [1.54, 1.807) is 4.90 Å². The number of amides is 1. The summed E-state index contributed by atoms with van der Waals surface area (Å²) in [5.41, 5.74) is 2.42. The average molecular weight is 318 g/mol. The number of hydrogen-bond donors (Lipinski definition) is 0. The second kappa shape index (κ2) is 7.10. The van der Waals surface area contributed by atoms with Crippen molar-refractivity contribution in [3.05, 3.63) is 41.6 Å². The number of carbonyl (C=O) groups is 1. The molecule has 5 nitrogen and oxygen atoms in total. The van der Waals surface area contributed by atoms with Crippen LogP contribution in [0.3, 0.4) is 0 Å². The van der Waals surface area contributed by atoms with Gasteiger partial charge in [0.25, 0.3) is 5.91 Å². The van der Waals surface area contributed by atoms with Crippen molar-refractivity contribution < 1.29 is 4.79 Å². The fraction of sp³-hybridized carbons (Fsp3) is 0.368. The molecule has 0 spiro atoms. The molecule has 24 heavy (non-hydrogen) atoms. The Morgan fingerprint density at radius 3 is 2.46 bits per heavy atom. The van der Waals surface area contributed by atoms with Crippen LogP contribution in [0.25, 0.3) is 10.9 Å². The topological polar surface area (TPSA) is 80.8 Å². The maximum Gasteiger partial charge on any atom is 0.254 e. The summed E-state index contributed by atoms with van der Waals surface area (Å²) in [6, 6.07) is 13.7. The van der Waals surface area contributed by atoms with Crippen LogP contribution in [0.5, 0.6) is 0 Å². The van der Waals surface area contributed by atoms with Gasteiger partial charge in [0.15, 0.2) is 0 Å². The lowest BCUT2D eigenvalue weighted by Gasteiger charge is -2.21. The molecule has 1 aliphatic carbocycles. The molecule has 2 aromatic rings. The van der Waals surface area contributed by atoms with Crippen LogP contribution < -0.4 is 0 Å². The van der Waals surface area contributed by atoms with Gasteiger partial charge in [-0.25, -0.2) is 0 Å². The van der Waals surface area contributed by atoms with Crippen LogP contribution >= 0.6 is 0 Å². The third-order valence-electron chi connectivity index (χ3n) is 4.24. The minimum absolute atomic E-state index is 0.124. The first-order valence-electron chi connectivity index (χ1n) is 8.17. The van der Waals surface area contributed by atoms with Gasteiger partial charge in [0.05, 0.1) is 36.1 Å². The molecule has 1 amide bonds. The van der Waals surface area contributed by atoms with Crippen LogP contribution in [0.1, 0.15) is 47.7 Å². The lowest BCUT2D eigenvalue weighted by Crippen LogP contribution is -2.33. The molecule has 1 aromatic carbocycles. The Morgan fingerprint density at radius 2 is 1.83 bits per heavy atom. The second-order valence-electron chi connectivity index (χ2n) is 5.99. The van der Waals surface area contributed by atoms with Crippen molar-refractivity contribution in [2.75, 3.05) is 13.1 Å². The molecule has 0 bridgehead atoms. The Hall–Kier alpha value is -2.92. The van der Waals surface area contributed by atoms with Crippen LogP contribution in [-0.4, -0.2) is 28.9 Å². The number of nitriles is 2. The van der Waals surface area contributed by atoms with E-state index in [0.717, 1.165) is 29.4 Å². The summed E-state index contributed by atoms with van der Waals surface area (Å²) in [6.45, 7) is 0.679. The van der Waals surface area contributed by atoms with E-state index >= 15 is 0 Å². The highest BCUT2D eigenvalue weighted by molar-refractivity contribution is 6.06. The normalized spacial score (nSPS) is 13.2. The van der Waals surface area contributed by atoms with Crippen molar-refractivity contribution in [2.45, 2.75) is 31.6 Å². The van der Waals surface area contributed by atoms with Crippen molar-refractivity contribution in [3.63, 3.8) is 0 Å². The predicted molar refractivity (Wildman–Crippen MR) is 90.1 cm³/mol. The zero-order valence-electron chi connectivity index (χ0n) is 13.4. The molecule has 1 fully saturated rings. The van der Waals surface area contributed by atoms with Crippen molar-refractivity contribution in [2.24, 2.45) is 0 Å². The molecule has 0 radical (unpaired) electrons. The van der Waals surface area contributed by atoms with Gasteiger partial charge in [-0.1, -0.05) is 18.2 Å². The van der Waals surface area contributed by atoms with Crippen LogP contribution in [0.15, 0.2) is 30.3 Å². The maximum atomic E-state index is 13.0. The average Bonchev–Trinajstić information content (AvgIpc) is 3.45. The van der Waals surface area contributed by atoms with Crippen LogP contribution in [-0.2, 0) is 0 Å². The summed E-state index contributed by atoms with van der Waals surface area (Å²) in [6.07, 6.45) is 2.75. The van der Waals surface area contributed by atoms with Gasteiger partial charge in [0.2, 0.25) is 0 Å². The highest BCUT2D eigenvalue weighted by atomic mass is 16.2. The number of hydrogen-bond acceptors (Lipinski definition) is 4. The zero-order valence-corrected chi connectivity index (χ0v) is 13.4. The first-order valence-corrected chi connectivity index (χ1v) is 8.17. The van der Waals surface area contributed by atoms with E-state index < -0.39 is 0 Å². The number of aromatic nitrogens is 1. The standard InChI is InChI=1S/C19H18N4O/c20-9-3-11-23(12-4-10-21)19(24)16-13-18(14-7-8-14)22-17-6-2-1-5-15(16)17/h1-2,5-6,13-14H,3-4,7-8,11-12H2. The Bertz CT molecular complexity index is 825. The van der Waals surface area contributed by atoms with Gasteiger partial charge in [-0.2, -0.15) is 10.5 Å². The molecule has 1 saturated carbocycles. The quantitative estimate of drug-likeness (QED) is 0.817. The van der Waals surface area contributed by atoms with E-state index in [1.165, 1.54) is 0 Å². The van der Waals surface area contributed by atoms with E-state index in [2.05, 4.69) is 17.1 Å². The van der Waals surface area contributed by atoms with Gasteiger partial charge in [-0.15, -0.1) is 0 Å². The summed E-state index contributed by atoms with van der Waals surface area (Å²) in [5.74, 6) is 0.328. The summed E-state index contributed by atoms with van der Waals surface area (Å²) in [4.78, 5) is 19.3. The number of rotatable bonds is 6. The zero-order chi connectivity index (χ0) is 16.9. The Kier molecular flexibility index (Phi) is 4.72. The van der Waals surface area contributed by atoms with Gasteiger partial charge in [0.1, 0.15) is 0 Å². The van der Waals surface area contributed by atoms with Crippen molar-refractivity contribution in [3.8, 4) is 12.1 Å². The fourth-order valence-electron chi connectivity index (χ4n) is 2.82. The maximum absolute atomic E-state index is 13.0. The lowest BCUT2D eigenvalue weighted by atomic mass is 10.0. The van der Waals surface area contributed by atoms with E-state index in [4.69, 9.17) is 10.5 Å². The number of benzene rings is 1. The van der Waals surface area contributed by atoms with Crippen LogP contribution in [0.2, 0.25) is 0 Å². The second-order valence-corrected chi connectivity index (χ2v) is 5.99. The minimum Gasteiger partial charge on any atom is -0.337 e. The van der Waals surface area contributed by atoms with Crippen LogP contribution in [0, 0.1) is 22.7 Å². The van der Waals surface area contributed by atoms with Crippen molar-refractivity contribution >= 4 is 16.8 Å². The minimum atomic E-state index is -0.124. The van der Waals surface area contributed by atoms with Gasteiger partial charge < -0.3 is 4.90 Å². The molecular weight excluding hydrogens is 300 g/mol. The molecule has 0 atom stereocenters. The van der Waals surface area contributed by atoms with E-state index in [9.17, 15) is 4.79 Å².